The number of methoxy groups -OCH3 is 1. The molecule has 3 N–H and O–H groups in total. The standard InChI is InChI=1S/C18H15N5O/c1-24-16-5-3-2-4-12(16)14-10-21-18-13(14)8-11(9-20-18)15-6-7-17(19)23-22-15/h2-10H,1H3,(H2,19,23)(H,20,21). The molecule has 0 saturated carbocycles. The van der Waals surface area contributed by atoms with Gasteiger partial charge in [-0.05, 0) is 24.3 Å². The molecule has 0 fully saturated rings. The van der Waals surface area contributed by atoms with E-state index in [1.807, 2.05) is 42.6 Å². The number of para-hydroxylation sites is 1. The van der Waals surface area contributed by atoms with Crippen molar-refractivity contribution in [3.8, 4) is 28.1 Å². The zero-order valence-corrected chi connectivity index (χ0v) is 13.0. The SMILES string of the molecule is COc1ccccc1-c1c[nH]c2ncc(-c3ccc(N)nn3)cc12. The predicted octanol–water partition coefficient (Wildman–Crippen LogP) is 3.28. The summed E-state index contributed by atoms with van der Waals surface area (Å²) in [7, 11) is 1.67. The highest BCUT2D eigenvalue weighted by molar-refractivity contribution is 5.97. The summed E-state index contributed by atoms with van der Waals surface area (Å²) in [5.74, 6) is 1.21. The molecule has 3 aromatic heterocycles. The minimum absolute atomic E-state index is 0.393. The molecule has 0 aliphatic heterocycles. The molecule has 24 heavy (non-hydrogen) atoms. The molecular formula is C18H15N5O. The summed E-state index contributed by atoms with van der Waals surface area (Å²) in [4.78, 5) is 7.69. The van der Waals surface area contributed by atoms with E-state index in [2.05, 4.69) is 20.2 Å². The van der Waals surface area contributed by atoms with Gasteiger partial charge in [-0.2, -0.15) is 0 Å². The lowest BCUT2D eigenvalue weighted by Gasteiger charge is -2.07. The van der Waals surface area contributed by atoms with Crippen molar-refractivity contribution in [2.45, 2.75) is 0 Å². The molecule has 0 aliphatic rings. The van der Waals surface area contributed by atoms with Crippen molar-refractivity contribution >= 4 is 16.9 Å². The molecule has 6 heteroatoms. The Hall–Kier alpha value is -3.41. The van der Waals surface area contributed by atoms with E-state index < -0.39 is 0 Å². The number of benzene rings is 1. The van der Waals surface area contributed by atoms with Crippen LogP contribution in [-0.2, 0) is 0 Å². The van der Waals surface area contributed by atoms with Gasteiger partial charge in [-0.15, -0.1) is 10.2 Å². The van der Waals surface area contributed by atoms with Crippen LogP contribution in [0.5, 0.6) is 5.75 Å². The topological polar surface area (TPSA) is 89.7 Å². The van der Waals surface area contributed by atoms with Gasteiger partial charge in [0.05, 0.1) is 12.8 Å². The molecule has 4 aromatic rings. The molecular weight excluding hydrogens is 302 g/mol. The molecule has 0 spiro atoms. The van der Waals surface area contributed by atoms with E-state index in [1.54, 1.807) is 19.4 Å². The molecule has 3 heterocycles. The summed E-state index contributed by atoms with van der Waals surface area (Å²) < 4.78 is 5.48. The number of anilines is 1. The first-order valence-corrected chi connectivity index (χ1v) is 7.46. The van der Waals surface area contributed by atoms with Crippen molar-refractivity contribution in [1.29, 1.82) is 0 Å². The van der Waals surface area contributed by atoms with Gasteiger partial charge in [-0.1, -0.05) is 18.2 Å². The van der Waals surface area contributed by atoms with Crippen LogP contribution in [0.4, 0.5) is 5.82 Å². The lowest BCUT2D eigenvalue weighted by atomic mass is 10.0. The number of H-pyrrole nitrogens is 1. The van der Waals surface area contributed by atoms with Crippen molar-refractivity contribution in [3.63, 3.8) is 0 Å². The molecule has 118 valence electrons. The number of nitrogens with zero attached hydrogens (tertiary/aromatic N) is 3. The monoisotopic (exact) mass is 317 g/mol. The number of fused-ring (bicyclic) bond motifs is 1. The summed E-state index contributed by atoms with van der Waals surface area (Å²) in [6, 6.07) is 13.5. The predicted molar refractivity (Wildman–Crippen MR) is 93.5 cm³/mol. The second-order valence-electron chi connectivity index (χ2n) is 5.37. The van der Waals surface area contributed by atoms with Crippen LogP contribution >= 0.6 is 0 Å². The molecule has 4 rings (SSSR count). The first-order chi connectivity index (χ1) is 11.8. The van der Waals surface area contributed by atoms with Gasteiger partial charge >= 0.3 is 0 Å². The van der Waals surface area contributed by atoms with E-state index in [0.29, 0.717) is 5.82 Å². The maximum Gasteiger partial charge on any atom is 0.146 e. The van der Waals surface area contributed by atoms with Crippen LogP contribution in [0.25, 0.3) is 33.4 Å². The second-order valence-corrected chi connectivity index (χ2v) is 5.37. The number of nitrogens with two attached hydrogens (primary N) is 1. The molecule has 0 unspecified atom stereocenters. The Bertz CT molecular complexity index is 1010. The Morgan fingerprint density at radius 3 is 2.71 bits per heavy atom. The molecule has 0 radical (unpaired) electrons. The van der Waals surface area contributed by atoms with E-state index in [9.17, 15) is 0 Å². The van der Waals surface area contributed by atoms with Crippen LogP contribution < -0.4 is 10.5 Å². The van der Waals surface area contributed by atoms with Gasteiger partial charge in [0.1, 0.15) is 17.2 Å². The highest BCUT2D eigenvalue weighted by atomic mass is 16.5. The fourth-order valence-corrected chi connectivity index (χ4v) is 2.73. The van der Waals surface area contributed by atoms with Gasteiger partial charge in [0.25, 0.3) is 0 Å². The van der Waals surface area contributed by atoms with Crippen molar-refractivity contribution in [2.24, 2.45) is 0 Å². The average molecular weight is 317 g/mol. The molecule has 6 nitrogen and oxygen atoms in total. The van der Waals surface area contributed by atoms with Gasteiger partial charge in [0.2, 0.25) is 0 Å². The first kappa shape index (κ1) is 14.2. The van der Waals surface area contributed by atoms with E-state index in [0.717, 1.165) is 39.2 Å². The molecule has 0 bridgehead atoms. The second kappa shape index (κ2) is 5.66. The summed E-state index contributed by atoms with van der Waals surface area (Å²) in [6.45, 7) is 0. The van der Waals surface area contributed by atoms with Crippen molar-refractivity contribution in [3.05, 3.63) is 54.9 Å². The fraction of sp³-hybridized carbons (Fsp3) is 0.0556. The van der Waals surface area contributed by atoms with Gasteiger partial charge in [-0.25, -0.2) is 4.98 Å². The first-order valence-electron chi connectivity index (χ1n) is 7.46. The Labute approximate surface area is 138 Å². The number of pyridine rings is 1. The van der Waals surface area contributed by atoms with Gasteiger partial charge < -0.3 is 15.5 Å². The highest BCUT2D eigenvalue weighted by Gasteiger charge is 2.12. The fourth-order valence-electron chi connectivity index (χ4n) is 2.73. The summed E-state index contributed by atoms with van der Waals surface area (Å²) in [6.07, 6.45) is 3.71. The average Bonchev–Trinajstić information content (AvgIpc) is 3.05. The smallest absolute Gasteiger partial charge is 0.146 e. The van der Waals surface area contributed by atoms with Crippen LogP contribution in [-0.4, -0.2) is 27.3 Å². The zero-order chi connectivity index (χ0) is 16.5. The Morgan fingerprint density at radius 1 is 1.04 bits per heavy atom. The van der Waals surface area contributed by atoms with Gasteiger partial charge in [-0.3, -0.25) is 0 Å². The van der Waals surface area contributed by atoms with E-state index in [4.69, 9.17) is 10.5 Å². The molecule has 0 atom stereocenters. The third-order valence-electron chi connectivity index (χ3n) is 3.91. The Balaban J connectivity index is 1.89. The number of hydrogen-bond donors (Lipinski definition) is 2. The van der Waals surface area contributed by atoms with Crippen LogP contribution in [0.3, 0.4) is 0 Å². The highest BCUT2D eigenvalue weighted by Crippen LogP contribution is 2.35. The van der Waals surface area contributed by atoms with Gasteiger partial charge in [0.15, 0.2) is 0 Å². The van der Waals surface area contributed by atoms with Crippen LogP contribution in [0.2, 0.25) is 0 Å². The number of nitrogens with one attached hydrogen (secondary N) is 1. The lowest BCUT2D eigenvalue weighted by molar-refractivity contribution is 0.416. The van der Waals surface area contributed by atoms with Crippen LogP contribution in [0.1, 0.15) is 0 Å². The maximum atomic E-state index is 5.60. The Morgan fingerprint density at radius 2 is 1.92 bits per heavy atom. The van der Waals surface area contributed by atoms with Gasteiger partial charge in [0, 0.05) is 34.5 Å². The normalized spacial score (nSPS) is 10.9. The maximum absolute atomic E-state index is 5.60. The molecule has 0 amide bonds. The van der Waals surface area contributed by atoms with E-state index in [-0.39, 0.29) is 0 Å². The third kappa shape index (κ3) is 2.34. The number of ether oxygens (including phenoxy) is 1. The number of aromatic amines is 1. The minimum atomic E-state index is 0.393. The molecule has 1 aromatic carbocycles. The number of nitrogen functional groups attached to an aromatic ring is 1. The van der Waals surface area contributed by atoms with Crippen molar-refractivity contribution in [2.75, 3.05) is 12.8 Å². The minimum Gasteiger partial charge on any atom is -0.496 e. The molecule has 0 saturated heterocycles. The number of rotatable bonds is 3. The Kier molecular flexibility index (Phi) is 3.35. The zero-order valence-electron chi connectivity index (χ0n) is 13.0. The van der Waals surface area contributed by atoms with Crippen LogP contribution in [0, 0.1) is 0 Å². The summed E-state index contributed by atoms with van der Waals surface area (Å²) in [5.41, 5.74) is 10.1. The quantitative estimate of drug-likeness (QED) is 0.605. The lowest BCUT2D eigenvalue weighted by Crippen LogP contribution is -1.94. The summed E-state index contributed by atoms with van der Waals surface area (Å²) in [5, 5.41) is 9.03. The number of hydrogen-bond acceptors (Lipinski definition) is 5. The largest absolute Gasteiger partial charge is 0.496 e. The molecule has 0 aliphatic carbocycles. The third-order valence-corrected chi connectivity index (χ3v) is 3.91. The van der Waals surface area contributed by atoms with Crippen molar-refractivity contribution in [1.82, 2.24) is 20.2 Å². The van der Waals surface area contributed by atoms with E-state index >= 15 is 0 Å². The summed E-state index contributed by atoms with van der Waals surface area (Å²) >= 11 is 0. The van der Waals surface area contributed by atoms with Crippen molar-refractivity contribution < 1.29 is 4.74 Å². The number of aromatic nitrogens is 4. The van der Waals surface area contributed by atoms with Crippen LogP contribution in [0.15, 0.2) is 54.9 Å². The van der Waals surface area contributed by atoms with E-state index in [1.165, 1.54) is 0 Å².